The summed E-state index contributed by atoms with van der Waals surface area (Å²) in [6, 6.07) is 15.6. The average Bonchev–Trinajstić information content (AvgIpc) is 1.54. The number of phenols is 1. The quantitative estimate of drug-likeness (QED) is 0.0190. The summed E-state index contributed by atoms with van der Waals surface area (Å²) in [5.74, 6) is -25.7. The number of aliphatic hydroxyl groups excluding tert-OH is 1. The number of carboxylic acids is 2. The number of likely N-dealkylation sites (N-methyl/N-ethyl adjacent to an activating group) is 3. The number of aromatic amines is 1. The molecule has 38 nitrogen and oxygen atoms in total. The van der Waals surface area contributed by atoms with Crippen molar-refractivity contribution in [2.24, 2.45) is 23.3 Å². The third kappa shape index (κ3) is 24.8. The number of unbranched alkanes of at least 4 members (excludes halogenated alkanes) is 1. The predicted molar refractivity (Wildman–Crippen MR) is 496 cm³/mol. The van der Waals surface area contributed by atoms with Crippen LogP contribution in [0.15, 0.2) is 128 Å². The molecule has 5 aromatic carbocycles. The number of rotatable bonds is 47. The molecular formula is C96H120F3N17O21S. The van der Waals surface area contributed by atoms with E-state index in [1.807, 2.05) is 19.1 Å². The molecule has 742 valence electrons. The van der Waals surface area contributed by atoms with E-state index in [0.29, 0.717) is 77.0 Å². The SMILES string of the molecule is CCCC[C@@H](C(=O)N1CCNC[C@@H]1C(=O)N[C@@H](CC(=O)O)C(=O)N[C@H](C(=O)N(C)C1(C=O)C[C@H]1c1ccccc1)C(C)C)N(C)C(=O)[C@]1(N(C)C(=O)[C@H](Cc2cc(F)c(F)c(F)c2)NC(=O)CSC[C@H](NC(=O)[C@H](CC(C)C)NC(=O)[C@H](Cc2ccc(O)cc2)NC(=O)C2(NC(=O)[C@H]3C[C@@H](O)CN3C(=O)[C@@H](N)CCC(=O)O)C[C@@H]2c2c[nH]c3ccccc23)C(=O)NCC(N)=O)CC1c1ccccc1. The number of aromatic hydroxyl groups is 1. The lowest BCUT2D eigenvalue weighted by atomic mass is 9.98. The van der Waals surface area contributed by atoms with Gasteiger partial charge in [-0.3, -0.25) is 76.7 Å². The van der Waals surface area contributed by atoms with Crippen molar-refractivity contribution in [3.8, 4) is 5.75 Å². The number of benzene rings is 5. The molecule has 5 aliphatic rings. The Balaban J connectivity index is 0.816. The monoisotopic (exact) mass is 1940 g/mol. The predicted octanol–water partition coefficient (Wildman–Crippen LogP) is 1.48. The van der Waals surface area contributed by atoms with Crippen LogP contribution in [0.5, 0.6) is 5.75 Å². The van der Waals surface area contributed by atoms with Crippen molar-refractivity contribution >= 4 is 124 Å². The third-order valence-electron chi connectivity index (χ3n) is 26.3. The average molecular weight is 1940 g/mol. The number of aliphatic hydroxyl groups is 1. The number of nitrogens with zero attached hydrogens (tertiary/aromatic N) is 5. The van der Waals surface area contributed by atoms with E-state index in [9.17, 15) is 77.6 Å². The molecule has 42 heteroatoms. The Labute approximate surface area is 798 Å². The molecule has 3 unspecified atom stereocenters. The van der Waals surface area contributed by atoms with Crippen molar-refractivity contribution in [1.82, 2.24) is 77.3 Å². The second-order valence-electron chi connectivity index (χ2n) is 36.9. The summed E-state index contributed by atoms with van der Waals surface area (Å²) in [5, 5.41) is 65.4. The first-order valence-electron chi connectivity index (χ1n) is 45.8. The number of aromatic nitrogens is 1. The van der Waals surface area contributed by atoms with Crippen LogP contribution in [0.25, 0.3) is 10.9 Å². The molecule has 2 saturated heterocycles. The number of thioether (sulfide) groups is 1. The molecular weight excluding hydrogens is 1820 g/mol. The first kappa shape index (κ1) is 105. The summed E-state index contributed by atoms with van der Waals surface area (Å²) in [4.78, 5) is 252. The highest BCUT2D eigenvalue weighted by Gasteiger charge is 2.68. The zero-order valence-corrected chi connectivity index (χ0v) is 78.6. The number of carbonyl (C=O) groups excluding carboxylic acids is 15. The van der Waals surface area contributed by atoms with Crippen molar-refractivity contribution in [2.45, 2.75) is 219 Å². The molecule has 138 heavy (non-hydrogen) atoms. The van der Waals surface area contributed by atoms with Crippen LogP contribution in [0.2, 0.25) is 0 Å². The van der Waals surface area contributed by atoms with Crippen molar-refractivity contribution in [3.05, 3.63) is 173 Å². The number of amides is 14. The van der Waals surface area contributed by atoms with Crippen molar-refractivity contribution in [3.63, 3.8) is 0 Å². The lowest BCUT2D eigenvalue weighted by molar-refractivity contribution is -0.155. The van der Waals surface area contributed by atoms with E-state index < -0.39 is 256 Å². The van der Waals surface area contributed by atoms with Gasteiger partial charge in [-0.2, -0.15) is 0 Å². The Morgan fingerprint density at radius 3 is 1.89 bits per heavy atom. The maximum Gasteiger partial charge on any atom is 0.305 e. The zero-order chi connectivity index (χ0) is 101. The number of aldehydes is 1. The second-order valence-corrected chi connectivity index (χ2v) is 37.9. The zero-order valence-electron chi connectivity index (χ0n) is 77.7. The maximum absolute atomic E-state index is 16.1. The van der Waals surface area contributed by atoms with Crippen molar-refractivity contribution in [1.29, 1.82) is 0 Å². The first-order valence-corrected chi connectivity index (χ1v) is 47.0. The molecule has 0 radical (unpaired) electrons. The normalized spacial score (nSPS) is 21.9. The number of fused-ring (bicyclic) bond motifs is 1. The number of nitrogens with two attached hydrogens (primary N) is 2. The summed E-state index contributed by atoms with van der Waals surface area (Å²) in [6.07, 6.45) is -1.50. The number of primary amides is 1. The number of hydrogen-bond donors (Lipinski definition) is 16. The smallest absolute Gasteiger partial charge is 0.305 e. The maximum atomic E-state index is 16.1. The van der Waals surface area contributed by atoms with Crippen LogP contribution in [-0.4, -0.2) is 299 Å². The molecule has 5 fully saturated rings. The van der Waals surface area contributed by atoms with Gasteiger partial charge in [0.05, 0.1) is 30.9 Å². The van der Waals surface area contributed by atoms with Crippen LogP contribution in [0.1, 0.15) is 151 Å². The van der Waals surface area contributed by atoms with E-state index >= 15 is 37.5 Å². The number of piperazine rings is 1. The number of para-hydroxylation sites is 1. The molecule has 18 N–H and O–H groups in total. The molecule has 2 aliphatic heterocycles. The van der Waals surface area contributed by atoms with Crippen LogP contribution in [0, 0.1) is 29.3 Å². The number of H-pyrrole nitrogens is 1. The molecule has 0 bridgehead atoms. The number of phenolic OH excluding ortho intramolecular Hbond substituents is 1. The topological polar surface area (TPSA) is 563 Å². The van der Waals surface area contributed by atoms with E-state index in [2.05, 4.69) is 52.8 Å². The molecule has 14 amide bonds. The number of likely N-dealkylation sites (tertiary alicyclic amines) is 1. The van der Waals surface area contributed by atoms with Gasteiger partial charge in [0, 0.05) is 114 Å². The highest BCUT2D eigenvalue weighted by Crippen LogP contribution is 2.58. The van der Waals surface area contributed by atoms with Crippen LogP contribution in [-0.2, 0) is 94.3 Å². The highest BCUT2D eigenvalue weighted by molar-refractivity contribution is 8.00. The minimum Gasteiger partial charge on any atom is -0.508 e. The first-order chi connectivity index (χ1) is 65.5. The number of hydrogen-bond acceptors (Lipinski definition) is 22. The summed E-state index contributed by atoms with van der Waals surface area (Å²) < 4.78 is 45.4. The lowest BCUT2D eigenvalue weighted by Gasteiger charge is -2.41. The summed E-state index contributed by atoms with van der Waals surface area (Å²) in [6.45, 7) is 7.00. The fourth-order valence-electron chi connectivity index (χ4n) is 18.5. The standard InChI is InChI=1S/C96H120F3N17O21S/c1-9-10-25-73(90(134)115-33-32-102-45-75(115)86(130)107-70(40-79(124)125)85(129)110-81(52(4)5)91(135)113(7)94(50-117)41-61(94)55-19-13-11-14-20-55)112(6)93(137)96(43-62(96)56-21-15-12-16-22-56)114(8)89(133)71(38-54-35-64(97)80(99)65(98)36-54)105-77(121)49-138-48-72(82(126)104-46-76(101)120)108-83(127)68(34-51(2)3)106-84(128)69(37-53-26-28-57(118)29-27-53)109-92(136)95(42-63(95)60-44-103-67-24-18-17-23-59(60)67)111-87(131)74-39-58(119)47-116(74)88(132)66(100)30-31-78(122)123/h11-24,26-29,35-36,44,50-52,58,61-63,66,68-75,81,102-103,118-119H,9-10,25,30-34,37-43,45-49,100H2,1-8H3,(H2,101,120)(H,104,126)(H,105,121)(H,106,128)(H,107,130)(H,108,127)(H,109,136)(H,110,129)(H,111,131)(H,122,123)(H,124,125)/t58-,61+,62?,63-,66+,68+,69+,70+,71+,72+,73+,74-,75-,81+,94?,95?,96+/m1/s1. The molecule has 11 rings (SSSR count). The van der Waals surface area contributed by atoms with Gasteiger partial charge in [-0.1, -0.05) is 138 Å². The number of halogens is 3. The van der Waals surface area contributed by atoms with Crippen LogP contribution >= 0.6 is 11.8 Å². The van der Waals surface area contributed by atoms with Gasteiger partial charge in [-0.25, -0.2) is 13.2 Å². The van der Waals surface area contributed by atoms with Crippen molar-refractivity contribution in [2.75, 3.05) is 65.4 Å². The van der Waals surface area contributed by atoms with E-state index in [0.717, 1.165) is 20.3 Å². The summed E-state index contributed by atoms with van der Waals surface area (Å²) in [5.41, 5.74) is 9.04. The molecule has 6 aromatic rings. The Morgan fingerprint density at radius 2 is 1.27 bits per heavy atom. The molecule has 0 spiro atoms. The van der Waals surface area contributed by atoms with Gasteiger partial charge in [0.1, 0.15) is 83.0 Å². The van der Waals surface area contributed by atoms with Gasteiger partial charge in [-0.15, -0.1) is 11.8 Å². The van der Waals surface area contributed by atoms with Crippen LogP contribution < -0.4 is 59.3 Å². The largest absolute Gasteiger partial charge is 0.508 e. The molecule has 3 saturated carbocycles. The van der Waals surface area contributed by atoms with Gasteiger partial charge in [0.15, 0.2) is 17.5 Å². The van der Waals surface area contributed by atoms with Gasteiger partial charge in [0.2, 0.25) is 82.7 Å². The van der Waals surface area contributed by atoms with E-state index in [1.165, 1.54) is 55.2 Å². The summed E-state index contributed by atoms with van der Waals surface area (Å²) >= 11 is 0.663. The van der Waals surface area contributed by atoms with Crippen LogP contribution in [0.3, 0.4) is 0 Å². The Kier molecular flexibility index (Phi) is 34.8. The van der Waals surface area contributed by atoms with Crippen molar-refractivity contribution < 1.29 is 115 Å². The van der Waals surface area contributed by atoms with Gasteiger partial charge in [-0.05, 0) is 109 Å². The number of aliphatic carboxylic acids is 2. The van der Waals surface area contributed by atoms with E-state index in [1.54, 1.807) is 107 Å². The number of carbonyl (C=O) groups is 17. The Hall–Kier alpha value is -13.4. The minimum absolute atomic E-state index is 0.0440. The molecule has 3 heterocycles. The fourth-order valence-corrected chi connectivity index (χ4v) is 19.3. The Bertz CT molecular complexity index is 5530. The van der Waals surface area contributed by atoms with Gasteiger partial charge < -0.3 is 114 Å². The van der Waals surface area contributed by atoms with Crippen LogP contribution in [0.4, 0.5) is 13.2 Å². The second kappa shape index (κ2) is 45.7. The van der Waals surface area contributed by atoms with E-state index in [-0.39, 0.29) is 88.4 Å². The number of carboxylic acid groups (broad SMARTS) is 2. The molecule has 17 atom stereocenters. The number of nitrogens with one attached hydrogen (secondary N) is 10. The Morgan fingerprint density at radius 1 is 0.645 bits per heavy atom. The van der Waals surface area contributed by atoms with Gasteiger partial charge in [0.25, 0.3) is 0 Å². The summed E-state index contributed by atoms with van der Waals surface area (Å²) in [7, 11) is 3.99. The minimum atomic E-state index is -1.95. The molecule has 3 aliphatic carbocycles. The lowest BCUT2D eigenvalue weighted by Crippen LogP contribution is -2.66. The number of β-amino-alcohol motifs (C(OH)–C–C–N with tert-alkyl or cyclic N) is 1. The molecule has 1 aromatic heterocycles. The highest BCUT2D eigenvalue weighted by atomic mass is 32.2. The van der Waals surface area contributed by atoms with E-state index in [4.69, 9.17) is 11.5 Å². The fraction of sp³-hybridized carbons (Fsp3) is 0.490. The third-order valence-corrected chi connectivity index (χ3v) is 27.4. The van der Waals surface area contributed by atoms with Gasteiger partial charge >= 0.3 is 11.9 Å².